The van der Waals surface area contributed by atoms with E-state index < -0.39 is 11.9 Å². The molecular formula is C23H18O6. The summed E-state index contributed by atoms with van der Waals surface area (Å²) in [7, 11) is 3.04. The van der Waals surface area contributed by atoms with Gasteiger partial charge in [0.1, 0.15) is 11.5 Å². The van der Waals surface area contributed by atoms with Crippen LogP contribution in [-0.2, 0) is 4.74 Å². The van der Waals surface area contributed by atoms with Crippen LogP contribution in [0.5, 0.6) is 11.5 Å². The standard InChI is InChI=1S/C23H18O6/c1-27-17-11-7-15(8-12-17)21(24)19-5-3-4-6-20(19)23(26)29-22(25)16-9-13-18(28-2)14-10-16/h3-14H,1-2H3. The molecule has 0 bridgehead atoms. The minimum Gasteiger partial charge on any atom is -0.497 e. The first-order valence-corrected chi connectivity index (χ1v) is 8.72. The number of carbonyl (C=O) groups is 3. The highest BCUT2D eigenvalue weighted by Crippen LogP contribution is 2.19. The predicted octanol–water partition coefficient (Wildman–Crippen LogP) is 3.93. The molecule has 0 aliphatic carbocycles. The van der Waals surface area contributed by atoms with Gasteiger partial charge in [-0.1, -0.05) is 18.2 Å². The SMILES string of the molecule is COc1ccc(C(=O)OC(=O)c2ccccc2C(=O)c2ccc(OC)cc2)cc1. The van der Waals surface area contributed by atoms with Crippen LogP contribution in [0.3, 0.4) is 0 Å². The quantitative estimate of drug-likeness (QED) is 0.360. The lowest BCUT2D eigenvalue weighted by Crippen LogP contribution is -2.16. The highest BCUT2D eigenvalue weighted by Gasteiger charge is 2.22. The molecule has 0 amide bonds. The first kappa shape index (κ1) is 19.8. The number of methoxy groups -OCH3 is 2. The van der Waals surface area contributed by atoms with E-state index >= 15 is 0 Å². The van der Waals surface area contributed by atoms with Crippen molar-refractivity contribution in [2.75, 3.05) is 14.2 Å². The molecule has 0 aliphatic rings. The second-order valence-corrected chi connectivity index (χ2v) is 6.01. The van der Waals surface area contributed by atoms with E-state index in [0.717, 1.165) is 0 Å². The van der Waals surface area contributed by atoms with Gasteiger partial charge in [0.2, 0.25) is 0 Å². The fraction of sp³-hybridized carbons (Fsp3) is 0.0870. The van der Waals surface area contributed by atoms with Crippen LogP contribution in [-0.4, -0.2) is 31.9 Å². The van der Waals surface area contributed by atoms with Gasteiger partial charge in [-0.15, -0.1) is 0 Å². The van der Waals surface area contributed by atoms with Crippen LogP contribution in [0.2, 0.25) is 0 Å². The van der Waals surface area contributed by atoms with Gasteiger partial charge in [0.05, 0.1) is 25.3 Å². The molecule has 0 fully saturated rings. The fourth-order valence-electron chi connectivity index (χ4n) is 2.68. The molecule has 0 saturated heterocycles. The molecule has 6 heteroatoms. The van der Waals surface area contributed by atoms with Crippen molar-refractivity contribution in [3.8, 4) is 11.5 Å². The molecule has 0 heterocycles. The van der Waals surface area contributed by atoms with Gasteiger partial charge in [-0.05, 0) is 54.6 Å². The Morgan fingerprint density at radius 3 is 1.59 bits per heavy atom. The maximum Gasteiger partial charge on any atom is 0.346 e. The highest BCUT2D eigenvalue weighted by molar-refractivity contribution is 6.15. The summed E-state index contributed by atoms with van der Waals surface area (Å²) in [5.74, 6) is -0.896. The lowest BCUT2D eigenvalue weighted by atomic mass is 9.98. The van der Waals surface area contributed by atoms with Crippen molar-refractivity contribution in [2.24, 2.45) is 0 Å². The molecule has 0 aromatic heterocycles. The normalized spacial score (nSPS) is 10.1. The Labute approximate surface area is 167 Å². The van der Waals surface area contributed by atoms with E-state index in [2.05, 4.69) is 0 Å². The summed E-state index contributed by atoms with van der Waals surface area (Å²) in [6, 6.07) is 18.9. The zero-order valence-corrected chi connectivity index (χ0v) is 15.9. The van der Waals surface area contributed by atoms with Crippen LogP contribution in [0.25, 0.3) is 0 Å². The maximum absolute atomic E-state index is 12.9. The number of hydrogen-bond acceptors (Lipinski definition) is 6. The van der Waals surface area contributed by atoms with Crippen LogP contribution in [0.15, 0.2) is 72.8 Å². The Morgan fingerprint density at radius 2 is 1.07 bits per heavy atom. The van der Waals surface area contributed by atoms with Crippen molar-refractivity contribution in [3.05, 3.63) is 95.1 Å². The zero-order valence-electron chi connectivity index (χ0n) is 15.9. The van der Waals surface area contributed by atoms with E-state index in [1.807, 2.05) is 0 Å². The monoisotopic (exact) mass is 390 g/mol. The van der Waals surface area contributed by atoms with Crippen molar-refractivity contribution in [3.63, 3.8) is 0 Å². The molecule has 0 spiro atoms. The zero-order chi connectivity index (χ0) is 20.8. The number of rotatable bonds is 6. The minimum atomic E-state index is -0.900. The minimum absolute atomic E-state index is 0.00943. The van der Waals surface area contributed by atoms with Gasteiger partial charge in [0.25, 0.3) is 0 Å². The highest BCUT2D eigenvalue weighted by atomic mass is 16.6. The predicted molar refractivity (Wildman–Crippen MR) is 106 cm³/mol. The molecule has 0 saturated carbocycles. The van der Waals surface area contributed by atoms with Crippen LogP contribution in [0, 0.1) is 0 Å². The van der Waals surface area contributed by atoms with Crippen LogP contribution < -0.4 is 9.47 Å². The molecule has 0 unspecified atom stereocenters. The fourth-order valence-corrected chi connectivity index (χ4v) is 2.68. The molecular weight excluding hydrogens is 372 g/mol. The Hall–Kier alpha value is -3.93. The van der Waals surface area contributed by atoms with E-state index in [1.165, 1.54) is 38.5 Å². The molecule has 3 aromatic carbocycles. The summed E-state index contributed by atoms with van der Waals surface area (Å²) >= 11 is 0. The van der Waals surface area contributed by atoms with Crippen LogP contribution >= 0.6 is 0 Å². The average molecular weight is 390 g/mol. The summed E-state index contributed by atoms with van der Waals surface area (Å²) in [5, 5.41) is 0. The summed E-state index contributed by atoms with van der Waals surface area (Å²) in [6.07, 6.45) is 0. The lowest BCUT2D eigenvalue weighted by Gasteiger charge is -2.09. The van der Waals surface area contributed by atoms with Crippen molar-refractivity contribution in [1.82, 2.24) is 0 Å². The Kier molecular flexibility index (Phi) is 6.04. The van der Waals surface area contributed by atoms with E-state index in [4.69, 9.17) is 14.2 Å². The molecule has 0 radical (unpaired) electrons. The summed E-state index contributed by atoms with van der Waals surface area (Å²) in [6.45, 7) is 0. The van der Waals surface area contributed by atoms with Gasteiger partial charge >= 0.3 is 11.9 Å². The smallest absolute Gasteiger partial charge is 0.346 e. The number of benzene rings is 3. The van der Waals surface area contributed by atoms with Gasteiger partial charge < -0.3 is 14.2 Å². The number of ether oxygens (including phenoxy) is 3. The third kappa shape index (κ3) is 4.50. The Bertz CT molecular complexity index is 1040. The van der Waals surface area contributed by atoms with E-state index in [9.17, 15) is 14.4 Å². The second kappa shape index (κ2) is 8.84. The van der Waals surface area contributed by atoms with E-state index in [0.29, 0.717) is 17.1 Å². The first-order valence-electron chi connectivity index (χ1n) is 8.72. The topological polar surface area (TPSA) is 78.9 Å². The van der Waals surface area contributed by atoms with Gasteiger partial charge in [-0.25, -0.2) is 9.59 Å². The second-order valence-electron chi connectivity index (χ2n) is 6.01. The number of ketones is 1. The van der Waals surface area contributed by atoms with Gasteiger partial charge in [-0.3, -0.25) is 4.79 Å². The van der Waals surface area contributed by atoms with Crippen LogP contribution in [0.1, 0.15) is 36.6 Å². The van der Waals surface area contributed by atoms with Gasteiger partial charge in [0.15, 0.2) is 5.78 Å². The molecule has 146 valence electrons. The molecule has 3 rings (SSSR count). The largest absolute Gasteiger partial charge is 0.497 e. The summed E-state index contributed by atoms with van der Waals surface area (Å²) in [5.41, 5.74) is 0.728. The number of carbonyl (C=O) groups excluding carboxylic acids is 3. The van der Waals surface area contributed by atoms with Crippen molar-refractivity contribution in [2.45, 2.75) is 0 Å². The molecule has 0 atom stereocenters. The third-order valence-electron chi connectivity index (χ3n) is 4.25. The van der Waals surface area contributed by atoms with E-state index in [1.54, 1.807) is 48.5 Å². The number of hydrogen-bond donors (Lipinski definition) is 0. The molecule has 29 heavy (non-hydrogen) atoms. The third-order valence-corrected chi connectivity index (χ3v) is 4.25. The molecule has 0 aliphatic heterocycles. The Morgan fingerprint density at radius 1 is 0.586 bits per heavy atom. The Balaban J connectivity index is 1.82. The van der Waals surface area contributed by atoms with Crippen molar-refractivity contribution >= 4 is 17.7 Å². The average Bonchev–Trinajstić information content (AvgIpc) is 2.78. The van der Waals surface area contributed by atoms with Crippen molar-refractivity contribution < 1.29 is 28.6 Å². The molecule has 6 nitrogen and oxygen atoms in total. The van der Waals surface area contributed by atoms with Gasteiger partial charge in [-0.2, -0.15) is 0 Å². The van der Waals surface area contributed by atoms with Crippen molar-refractivity contribution in [1.29, 1.82) is 0 Å². The summed E-state index contributed by atoms with van der Waals surface area (Å²) < 4.78 is 15.1. The van der Waals surface area contributed by atoms with Gasteiger partial charge in [0, 0.05) is 11.1 Å². The molecule has 3 aromatic rings. The maximum atomic E-state index is 12.9. The van der Waals surface area contributed by atoms with E-state index in [-0.39, 0.29) is 22.5 Å². The number of esters is 2. The van der Waals surface area contributed by atoms with Crippen LogP contribution in [0.4, 0.5) is 0 Å². The first-order chi connectivity index (χ1) is 14.0. The molecule has 0 N–H and O–H groups in total. The lowest BCUT2D eigenvalue weighted by molar-refractivity contribution is 0.0396. The summed E-state index contributed by atoms with van der Waals surface area (Å²) in [4.78, 5) is 37.7.